The van der Waals surface area contributed by atoms with E-state index < -0.39 is 89.7 Å². The van der Waals surface area contributed by atoms with Crippen LogP contribution in [0.5, 0.6) is 0 Å². The van der Waals surface area contributed by atoms with E-state index in [0.29, 0.717) is 55.4 Å². The Labute approximate surface area is 760 Å². The van der Waals surface area contributed by atoms with Gasteiger partial charge in [-0.15, -0.1) is 10.1 Å². The molecule has 0 unspecified atom stereocenters. The Bertz CT molecular complexity index is 3100. The second-order valence-corrected chi connectivity index (χ2v) is 34.9. The van der Waals surface area contributed by atoms with Gasteiger partial charge in [-0.05, 0) is 92.9 Å². The first-order valence-corrected chi connectivity index (χ1v) is 47.6. The van der Waals surface area contributed by atoms with Crippen LogP contribution in [0.2, 0.25) is 0 Å². The van der Waals surface area contributed by atoms with Crippen LogP contribution in [0.1, 0.15) is 363 Å². The molecule has 0 bridgehead atoms. The summed E-state index contributed by atoms with van der Waals surface area (Å²) in [6.07, 6.45) is 40.1. The predicted molar refractivity (Wildman–Crippen MR) is 473 cm³/mol. The average Bonchev–Trinajstić information content (AvgIpc) is 1.71. The highest BCUT2D eigenvalue weighted by atomic mass is 16.7. The fraction of sp³-hybridized carbons (Fsp3) is 0.830. The molecule has 2 aliphatic rings. The fourth-order valence-corrected chi connectivity index (χ4v) is 13.6. The molecule has 0 radical (unpaired) electrons. The van der Waals surface area contributed by atoms with Crippen molar-refractivity contribution >= 4 is 94.4 Å². The molecule has 2 fully saturated rings. The van der Waals surface area contributed by atoms with Crippen molar-refractivity contribution in [1.29, 1.82) is 0 Å². The van der Waals surface area contributed by atoms with Crippen LogP contribution < -0.4 is 10.6 Å². The molecule has 0 aliphatic carbocycles. The van der Waals surface area contributed by atoms with Gasteiger partial charge in [0.2, 0.25) is 11.8 Å². The normalized spacial score (nSPS) is 13.3. The maximum absolute atomic E-state index is 13.0. The van der Waals surface area contributed by atoms with E-state index in [2.05, 4.69) is 15.5 Å². The molecule has 0 saturated carbocycles. The highest BCUT2D eigenvalue weighted by Gasteiger charge is 2.35. The summed E-state index contributed by atoms with van der Waals surface area (Å²) < 4.78 is 53.5. The Kier molecular flexibility index (Phi) is 72.2. The smallest absolute Gasteiger partial charge is 0.358 e. The van der Waals surface area contributed by atoms with Gasteiger partial charge in [0.1, 0.15) is 49.2 Å². The summed E-state index contributed by atoms with van der Waals surface area (Å²) in [5, 5.41) is 24.6. The predicted octanol–water partition coefficient (Wildman–Crippen LogP) is 13.9. The van der Waals surface area contributed by atoms with Crippen LogP contribution in [0.25, 0.3) is 0 Å². The number of nitrogens with one attached hydrogen (secondary N) is 2. The first-order valence-electron chi connectivity index (χ1n) is 47.6. The number of hydrogen-bond acceptors (Lipinski definition) is 28. The third kappa shape index (κ3) is 74.1. The van der Waals surface area contributed by atoms with E-state index in [-0.39, 0.29) is 217 Å². The van der Waals surface area contributed by atoms with Crippen molar-refractivity contribution in [2.45, 2.75) is 374 Å². The lowest BCUT2D eigenvalue weighted by Gasteiger charge is -2.23. The molecule has 2 rings (SSSR count). The van der Waals surface area contributed by atoms with Gasteiger partial charge in [-0.25, -0.2) is 9.59 Å². The van der Waals surface area contributed by atoms with Gasteiger partial charge < -0.3 is 77.9 Å². The van der Waals surface area contributed by atoms with E-state index in [1.54, 1.807) is 20.8 Å². The summed E-state index contributed by atoms with van der Waals surface area (Å²) in [5.41, 5.74) is -1.11. The molecule has 128 heavy (non-hydrogen) atoms. The van der Waals surface area contributed by atoms with E-state index in [0.717, 1.165) is 77.0 Å². The van der Waals surface area contributed by atoms with Crippen molar-refractivity contribution in [3.8, 4) is 0 Å². The SMILES string of the molecule is CC(C)(C)OC(=O)CCCCCCCCCCCCCCCCCCC(=O)C[C@@H](CCC(=O)NCCOCCOCC(=O)CCCOCCOCC(=O)ON1C(=O)CCC1=O)C(=O)OC(C)(C)C.O=C(O)CCCCCCCCCCCCCCCCCCC(=O)C[C@@H](CCC(=O)NCCOCCOCC(=O)CCCOCCOCC(=O)ON1C(=O)CCC1=O)C(=O)O. The van der Waals surface area contributed by atoms with Gasteiger partial charge in [-0.1, -0.05) is 180 Å². The van der Waals surface area contributed by atoms with Crippen LogP contribution >= 0.6 is 0 Å². The number of carbonyl (C=O) groups is 16. The summed E-state index contributed by atoms with van der Waals surface area (Å²) in [7, 11) is 0. The number of hydrogen-bond donors (Lipinski definition) is 4. The molecular weight excluding hydrogens is 1670 g/mol. The highest BCUT2D eigenvalue weighted by Crippen LogP contribution is 2.24. The van der Waals surface area contributed by atoms with Crippen LogP contribution in [0.15, 0.2) is 0 Å². The summed E-state index contributed by atoms with van der Waals surface area (Å²) in [5.74, 6) is -8.73. The molecule has 6 amide bonds. The Balaban J connectivity index is 0.00000129. The number of carboxylic acids is 2. The number of carboxylic acid groups (broad SMARTS) is 2. The van der Waals surface area contributed by atoms with Crippen LogP contribution in [0, 0.1) is 11.8 Å². The number of imide groups is 2. The van der Waals surface area contributed by atoms with Crippen molar-refractivity contribution in [2.75, 3.05) is 119 Å². The largest absolute Gasteiger partial charge is 0.481 e. The van der Waals surface area contributed by atoms with Gasteiger partial charge in [0.05, 0.1) is 77.9 Å². The Morgan fingerprint density at radius 3 is 0.891 bits per heavy atom. The molecule has 0 aromatic carbocycles. The zero-order valence-corrected chi connectivity index (χ0v) is 78.5. The number of aliphatic carboxylic acids is 2. The van der Waals surface area contributed by atoms with E-state index in [9.17, 15) is 81.8 Å². The highest BCUT2D eigenvalue weighted by molar-refractivity contribution is 6.02. The molecule has 34 nitrogen and oxygen atoms in total. The van der Waals surface area contributed by atoms with Gasteiger partial charge in [0.25, 0.3) is 23.6 Å². The van der Waals surface area contributed by atoms with E-state index >= 15 is 0 Å². The van der Waals surface area contributed by atoms with Crippen molar-refractivity contribution in [3.63, 3.8) is 0 Å². The number of ketones is 4. The second kappa shape index (κ2) is 78.1. The second-order valence-electron chi connectivity index (χ2n) is 34.9. The van der Waals surface area contributed by atoms with E-state index in [1.807, 2.05) is 20.8 Å². The number of nitrogens with zero attached hydrogens (tertiary/aromatic N) is 2. The molecular formula is C94H160N4O30. The zero-order valence-electron chi connectivity index (χ0n) is 78.5. The number of hydroxylamine groups is 4. The van der Waals surface area contributed by atoms with Crippen LogP contribution in [-0.2, 0) is 134 Å². The first kappa shape index (κ1) is 118. The van der Waals surface area contributed by atoms with Crippen LogP contribution in [0.4, 0.5) is 0 Å². The van der Waals surface area contributed by atoms with Crippen molar-refractivity contribution < 1.29 is 144 Å². The molecule has 2 saturated heterocycles. The number of ether oxygens (including phenoxy) is 10. The summed E-state index contributed by atoms with van der Waals surface area (Å²) >= 11 is 0. The third-order valence-corrected chi connectivity index (χ3v) is 20.6. The summed E-state index contributed by atoms with van der Waals surface area (Å²) in [4.78, 5) is 200. The molecule has 34 heteroatoms. The number of rotatable bonds is 86. The van der Waals surface area contributed by atoms with Crippen molar-refractivity contribution in [3.05, 3.63) is 0 Å². The number of Topliss-reactive ketones (excluding diaryl/α,β-unsaturated/α-hetero) is 4. The lowest BCUT2D eigenvalue weighted by Crippen LogP contribution is -2.33. The maximum Gasteiger partial charge on any atom is 0.358 e. The first-order chi connectivity index (χ1) is 61.3. The van der Waals surface area contributed by atoms with E-state index in [4.69, 9.17) is 57.3 Å². The number of unbranched alkanes of at least 4 members (excludes halogenated alkanes) is 30. The van der Waals surface area contributed by atoms with E-state index in [1.165, 1.54) is 128 Å². The molecule has 0 spiro atoms. The minimum Gasteiger partial charge on any atom is -0.481 e. The monoisotopic (exact) mass is 1830 g/mol. The molecule has 4 N–H and O–H groups in total. The Morgan fingerprint density at radius 1 is 0.297 bits per heavy atom. The molecule has 736 valence electrons. The van der Waals surface area contributed by atoms with Crippen molar-refractivity contribution in [1.82, 2.24) is 20.8 Å². The molecule has 0 aromatic heterocycles. The van der Waals surface area contributed by atoms with Crippen LogP contribution in [-0.4, -0.2) is 245 Å². The Hall–Kier alpha value is -7.60. The average molecular weight is 1830 g/mol. The van der Waals surface area contributed by atoms with Gasteiger partial charge in [-0.3, -0.25) is 67.1 Å². The summed E-state index contributed by atoms with van der Waals surface area (Å²) in [6, 6.07) is 0. The minimum absolute atomic E-state index is 0.00459. The minimum atomic E-state index is -1.07. The van der Waals surface area contributed by atoms with Gasteiger partial charge in [-0.2, -0.15) is 0 Å². The zero-order chi connectivity index (χ0) is 94.5. The lowest BCUT2D eigenvalue weighted by molar-refractivity contribution is -0.200. The fourth-order valence-electron chi connectivity index (χ4n) is 13.6. The van der Waals surface area contributed by atoms with Gasteiger partial charge in [0.15, 0.2) is 11.6 Å². The molecule has 2 aliphatic heterocycles. The van der Waals surface area contributed by atoms with Gasteiger partial charge >= 0.3 is 35.8 Å². The molecule has 2 atom stereocenters. The topological polar surface area (TPSA) is 455 Å². The Morgan fingerprint density at radius 2 is 0.570 bits per heavy atom. The number of esters is 2. The third-order valence-electron chi connectivity index (χ3n) is 20.6. The van der Waals surface area contributed by atoms with Gasteiger partial charge in [0, 0.05) is 116 Å². The maximum atomic E-state index is 13.0. The number of carbonyl (C=O) groups excluding carboxylic acids is 14. The number of amides is 6. The quantitative estimate of drug-likeness (QED) is 0.0250. The lowest BCUT2D eigenvalue weighted by atomic mass is 9.94. The van der Waals surface area contributed by atoms with Crippen molar-refractivity contribution in [2.24, 2.45) is 11.8 Å². The standard InChI is InChI=1S/C51H88N2O15.C43H72N2O15/c1-50(2,3)66-47(59)26-22-20-18-16-14-12-10-8-7-9-11-13-15-17-19-21-24-42(54)38-41(49(61)67-51(4,5)6)27-28-44(56)52-31-33-63-35-36-64-39-43(55)25-23-32-62-34-37-65-40-48(60)68-53-45(57)29-30-46(53)58;46-36(18-15-13-11-9-7-5-3-1-2-4-6-8-10-12-14-16-20-41(51)52)32-35(43(54)55)21-22-38(48)44-25-27-57-29-30-58-33-37(47)19-17-26-56-28-31-59-34-42(53)60-45-39(49)23-24-40(45)50/h41H,7-40H2,1-6H3,(H,52,56);35H,1-34H2,(H,44,48)(H,51,52)(H,54,55)/t41-;35-/m11/s1. The van der Waals surface area contributed by atoms with Crippen LogP contribution in [0.3, 0.4) is 0 Å². The summed E-state index contributed by atoms with van der Waals surface area (Å²) in [6.45, 7) is 12.9. The molecule has 0 aromatic rings. The molecule has 2 heterocycles.